The van der Waals surface area contributed by atoms with Crippen molar-refractivity contribution >= 4 is 11.8 Å². The summed E-state index contributed by atoms with van der Waals surface area (Å²) >= 11 is 0. The fraction of sp³-hybridized carbons (Fsp3) is 0.600. The van der Waals surface area contributed by atoms with Crippen molar-refractivity contribution in [2.24, 2.45) is 11.8 Å². The highest BCUT2D eigenvalue weighted by atomic mass is 16.5. The lowest BCUT2D eigenvalue weighted by Crippen LogP contribution is -2.50. The Morgan fingerprint density at radius 1 is 1.12 bits per heavy atom. The molecule has 1 fully saturated rings. The van der Waals surface area contributed by atoms with Crippen LogP contribution >= 0.6 is 0 Å². The van der Waals surface area contributed by atoms with Gasteiger partial charge in [0, 0.05) is 25.3 Å². The van der Waals surface area contributed by atoms with Gasteiger partial charge in [-0.3, -0.25) is 9.59 Å². The predicted molar refractivity (Wildman–Crippen MR) is 126 cm³/mol. The van der Waals surface area contributed by atoms with Crippen LogP contribution < -0.4 is 26.0 Å². The van der Waals surface area contributed by atoms with Gasteiger partial charge in [-0.25, -0.2) is 0 Å². The largest absolute Gasteiger partial charge is 0.492 e. The van der Waals surface area contributed by atoms with Crippen molar-refractivity contribution in [3.05, 3.63) is 41.6 Å². The molecule has 32 heavy (non-hydrogen) atoms. The number of carbonyl (C=O) groups is 2. The van der Waals surface area contributed by atoms with Crippen LogP contribution in [0.1, 0.15) is 45.1 Å². The maximum absolute atomic E-state index is 12.9. The van der Waals surface area contributed by atoms with Crippen molar-refractivity contribution in [2.45, 2.75) is 52.0 Å². The number of carbonyl (C=O) groups excluding carboxylic acids is 2. The van der Waals surface area contributed by atoms with Crippen LogP contribution in [0.2, 0.25) is 0 Å². The third kappa shape index (κ3) is 8.19. The lowest BCUT2D eigenvalue weighted by atomic mass is 10.00. The van der Waals surface area contributed by atoms with Crippen LogP contribution in [-0.4, -0.2) is 50.6 Å². The summed E-state index contributed by atoms with van der Waals surface area (Å²) in [6, 6.07) is 7.62. The first-order valence-electron chi connectivity index (χ1n) is 12.0. The quantitative estimate of drug-likeness (QED) is 0.576. The molecule has 0 saturated heterocycles. The summed E-state index contributed by atoms with van der Waals surface area (Å²) in [7, 11) is 0. The highest BCUT2D eigenvalue weighted by Gasteiger charge is 2.30. The number of hydrogen-bond acceptors (Lipinski definition) is 5. The van der Waals surface area contributed by atoms with Gasteiger partial charge in [-0.1, -0.05) is 51.0 Å². The molecular weight excluding hydrogens is 404 g/mol. The van der Waals surface area contributed by atoms with E-state index in [0.29, 0.717) is 38.6 Å². The minimum Gasteiger partial charge on any atom is -0.492 e. The number of amides is 2. The molecule has 176 valence electrons. The Morgan fingerprint density at radius 2 is 1.94 bits per heavy atom. The molecule has 7 nitrogen and oxygen atoms in total. The molecule has 7 heteroatoms. The Bertz CT molecular complexity index is 791. The molecule has 0 spiro atoms. The number of nitrogens with one attached hydrogen (secondary N) is 4. The van der Waals surface area contributed by atoms with E-state index < -0.39 is 6.04 Å². The standard InChI is InChI=1S/C25H38N4O3/c1-3-6-21-16-26-11-12-32-23-8-5-4-7-20(23)13-18(2)15-28-25(31)22(14-19-9-10-19)29-24(30)17-27-21/h4-8,18-19,22,26-27H,3,9-17H2,1-2H3,(H,28,31)(H,29,30). The van der Waals surface area contributed by atoms with E-state index in [2.05, 4.69) is 47.3 Å². The average Bonchev–Trinajstić information content (AvgIpc) is 3.59. The molecule has 1 aromatic rings. The predicted octanol–water partition coefficient (Wildman–Crippen LogP) is 2.13. The number of ether oxygens (including phenoxy) is 1. The topological polar surface area (TPSA) is 91.5 Å². The zero-order valence-corrected chi connectivity index (χ0v) is 19.4. The van der Waals surface area contributed by atoms with Gasteiger partial charge in [-0.15, -0.1) is 0 Å². The molecule has 2 aliphatic rings. The molecule has 2 amide bonds. The van der Waals surface area contributed by atoms with Crippen LogP contribution in [-0.2, 0) is 16.0 Å². The van der Waals surface area contributed by atoms with E-state index in [1.807, 2.05) is 18.2 Å². The van der Waals surface area contributed by atoms with Gasteiger partial charge >= 0.3 is 0 Å². The Labute approximate surface area is 191 Å². The molecule has 1 aromatic carbocycles. The first kappa shape index (κ1) is 24.1. The Kier molecular flexibility index (Phi) is 9.41. The van der Waals surface area contributed by atoms with Crippen LogP contribution in [0.4, 0.5) is 0 Å². The summed E-state index contributed by atoms with van der Waals surface area (Å²) in [5.41, 5.74) is 2.12. The second-order valence-corrected chi connectivity index (χ2v) is 8.98. The third-order valence-electron chi connectivity index (χ3n) is 5.86. The summed E-state index contributed by atoms with van der Waals surface area (Å²) in [5, 5.41) is 12.6. The summed E-state index contributed by atoms with van der Waals surface area (Å²) in [4.78, 5) is 25.4. The van der Waals surface area contributed by atoms with Crippen LogP contribution in [0, 0.1) is 11.8 Å². The second-order valence-electron chi connectivity index (χ2n) is 8.98. The monoisotopic (exact) mass is 442 g/mol. The molecule has 1 saturated carbocycles. The van der Waals surface area contributed by atoms with Crippen LogP contribution in [0.15, 0.2) is 36.0 Å². The fourth-order valence-electron chi connectivity index (χ4n) is 3.93. The van der Waals surface area contributed by atoms with Crippen molar-refractivity contribution in [1.29, 1.82) is 0 Å². The SMILES string of the molecule is CCC=C1CNCCOc2ccccc2CC(C)CNC(=O)C(CC2CC2)NC(=O)CN1. The lowest BCUT2D eigenvalue weighted by molar-refractivity contribution is -0.128. The van der Waals surface area contributed by atoms with Crippen LogP contribution in [0.5, 0.6) is 5.75 Å². The van der Waals surface area contributed by atoms with Crippen molar-refractivity contribution in [2.75, 3.05) is 32.8 Å². The maximum atomic E-state index is 12.9. The Hall–Kier alpha value is -2.54. The third-order valence-corrected chi connectivity index (χ3v) is 5.86. The minimum atomic E-state index is -0.477. The number of benzene rings is 1. The number of hydrogen-bond donors (Lipinski definition) is 4. The molecule has 1 aliphatic carbocycles. The van der Waals surface area contributed by atoms with Crippen LogP contribution in [0.3, 0.4) is 0 Å². The Morgan fingerprint density at radius 3 is 2.72 bits per heavy atom. The van der Waals surface area contributed by atoms with Crippen molar-refractivity contribution < 1.29 is 14.3 Å². The summed E-state index contributed by atoms with van der Waals surface area (Å²) in [6.07, 6.45) is 6.75. The molecule has 0 bridgehead atoms. The van der Waals surface area contributed by atoms with E-state index in [4.69, 9.17) is 4.74 Å². The van der Waals surface area contributed by atoms with E-state index in [-0.39, 0.29) is 24.3 Å². The summed E-state index contributed by atoms with van der Waals surface area (Å²) in [6.45, 7) is 6.81. The van der Waals surface area contributed by atoms with Gasteiger partial charge in [0.1, 0.15) is 18.4 Å². The van der Waals surface area contributed by atoms with Crippen molar-refractivity contribution in [3.63, 3.8) is 0 Å². The van der Waals surface area contributed by atoms with Gasteiger partial charge in [0.2, 0.25) is 11.8 Å². The van der Waals surface area contributed by atoms with E-state index >= 15 is 0 Å². The highest BCUT2D eigenvalue weighted by Crippen LogP contribution is 2.33. The normalized spacial score (nSPS) is 25.4. The summed E-state index contributed by atoms with van der Waals surface area (Å²) in [5.74, 6) is 1.45. The smallest absolute Gasteiger partial charge is 0.242 e. The lowest BCUT2D eigenvalue weighted by Gasteiger charge is -2.21. The van der Waals surface area contributed by atoms with Gasteiger partial charge < -0.3 is 26.0 Å². The minimum absolute atomic E-state index is 0.0891. The number of para-hydroxylation sites is 1. The highest BCUT2D eigenvalue weighted by molar-refractivity contribution is 5.88. The molecule has 0 aromatic heterocycles. The second kappa shape index (κ2) is 12.5. The molecule has 0 radical (unpaired) electrons. The van der Waals surface area contributed by atoms with Gasteiger partial charge in [-0.2, -0.15) is 0 Å². The molecule has 2 atom stereocenters. The summed E-state index contributed by atoms with van der Waals surface area (Å²) < 4.78 is 6.03. The zero-order chi connectivity index (χ0) is 22.8. The van der Waals surface area contributed by atoms with E-state index in [1.54, 1.807) is 0 Å². The van der Waals surface area contributed by atoms with Crippen molar-refractivity contribution in [1.82, 2.24) is 21.3 Å². The maximum Gasteiger partial charge on any atom is 0.242 e. The molecule has 3 rings (SSSR count). The molecule has 4 N–H and O–H groups in total. The number of fused-ring (bicyclic) bond motifs is 1. The molecular formula is C25H38N4O3. The molecule has 2 unspecified atom stereocenters. The first-order valence-corrected chi connectivity index (χ1v) is 12.0. The van der Waals surface area contributed by atoms with Gasteiger partial charge in [0.15, 0.2) is 0 Å². The van der Waals surface area contributed by atoms with Crippen molar-refractivity contribution in [3.8, 4) is 5.75 Å². The van der Waals surface area contributed by atoms with Gasteiger partial charge in [0.05, 0.1) is 6.54 Å². The van der Waals surface area contributed by atoms with Gasteiger partial charge in [0.25, 0.3) is 0 Å². The molecule has 1 aliphatic heterocycles. The Balaban J connectivity index is 1.70. The zero-order valence-electron chi connectivity index (χ0n) is 19.4. The van der Waals surface area contributed by atoms with E-state index in [0.717, 1.165) is 42.7 Å². The fourth-order valence-corrected chi connectivity index (χ4v) is 3.93. The van der Waals surface area contributed by atoms with E-state index in [1.165, 1.54) is 0 Å². The van der Waals surface area contributed by atoms with Crippen LogP contribution in [0.25, 0.3) is 0 Å². The molecule has 1 heterocycles. The van der Waals surface area contributed by atoms with E-state index in [9.17, 15) is 9.59 Å². The van der Waals surface area contributed by atoms with Gasteiger partial charge in [-0.05, 0) is 42.7 Å². The number of allylic oxidation sites excluding steroid dienone is 1. The average molecular weight is 443 g/mol. The number of rotatable bonds is 3. The first-order chi connectivity index (χ1) is 15.5.